The second-order valence-electron chi connectivity index (χ2n) is 7.68. The molecule has 2 N–H and O–H groups in total. The molecule has 0 spiro atoms. The van der Waals surface area contributed by atoms with Crippen molar-refractivity contribution in [3.8, 4) is 11.3 Å². The van der Waals surface area contributed by atoms with Crippen LogP contribution in [0.3, 0.4) is 0 Å². The lowest BCUT2D eigenvalue weighted by molar-refractivity contribution is -0.136. The molecule has 0 aliphatic rings. The predicted octanol–water partition coefficient (Wildman–Crippen LogP) is 6.66. The summed E-state index contributed by atoms with van der Waals surface area (Å²) < 4.78 is 0. The number of carbonyl (C=O) groups excluding carboxylic acids is 1. The monoisotopic (exact) mass is 525 g/mol. The zero-order valence-electron chi connectivity index (χ0n) is 18.4. The van der Waals surface area contributed by atoms with E-state index in [0.29, 0.717) is 22.2 Å². The topological polar surface area (TPSA) is 82.5 Å². The Hall–Kier alpha value is -3.39. The number of hydrogen-bond acceptors (Lipinski definition) is 5. The van der Waals surface area contributed by atoms with Crippen molar-refractivity contribution in [3.63, 3.8) is 0 Å². The van der Waals surface area contributed by atoms with Gasteiger partial charge in [0.15, 0.2) is 5.13 Å². The number of hydrogen-bond donors (Lipinski definition) is 2. The Morgan fingerprint density at radius 2 is 1.54 bits per heavy atom. The summed E-state index contributed by atoms with van der Waals surface area (Å²) in [6, 6.07) is 22.3. The third-order valence-electron chi connectivity index (χ3n) is 5.18. The highest BCUT2D eigenvalue weighted by Crippen LogP contribution is 2.34. The van der Waals surface area contributed by atoms with E-state index >= 15 is 0 Å². The fourth-order valence-corrected chi connectivity index (χ4v) is 4.47. The molecule has 178 valence electrons. The molecule has 1 aromatic heterocycles. The van der Waals surface area contributed by atoms with Gasteiger partial charge in [0, 0.05) is 38.8 Å². The predicted molar refractivity (Wildman–Crippen MR) is 141 cm³/mol. The van der Waals surface area contributed by atoms with Gasteiger partial charge in [0.2, 0.25) is 0 Å². The molecule has 0 saturated heterocycles. The maximum atomic E-state index is 12.2. The van der Waals surface area contributed by atoms with Crippen molar-refractivity contribution in [1.82, 2.24) is 10.3 Å². The first-order valence-corrected chi connectivity index (χ1v) is 12.4. The molecule has 0 unspecified atom stereocenters. The second-order valence-corrected chi connectivity index (χ2v) is 9.39. The number of benzene rings is 3. The van der Waals surface area contributed by atoms with E-state index in [1.807, 2.05) is 66.0 Å². The number of nitrogens with one attached hydrogen (secondary N) is 1. The lowest BCUT2D eigenvalue weighted by Crippen LogP contribution is -2.26. The lowest BCUT2D eigenvalue weighted by Gasteiger charge is -2.22. The maximum Gasteiger partial charge on any atom is 0.305 e. The van der Waals surface area contributed by atoms with Gasteiger partial charge >= 0.3 is 5.97 Å². The Morgan fingerprint density at radius 3 is 2.17 bits per heavy atom. The molecule has 0 saturated carbocycles. The molecule has 6 nitrogen and oxygen atoms in total. The van der Waals surface area contributed by atoms with E-state index in [1.165, 1.54) is 11.3 Å². The maximum absolute atomic E-state index is 12.2. The van der Waals surface area contributed by atoms with E-state index in [9.17, 15) is 9.59 Å². The summed E-state index contributed by atoms with van der Waals surface area (Å²) in [6.07, 6.45) is -0.119. The van der Waals surface area contributed by atoms with Crippen LogP contribution in [0.15, 0.2) is 78.2 Å². The fourth-order valence-electron chi connectivity index (χ4n) is 3.36. The number of carboxylic acids is 1. The van der Waals surface area contributed by atoms with E-state index in [2.05, 4.69) is 10.2 Å². The highest BCUT2D eigenvalue weighted by Gasteiger charge is 2.16. The molecular formula is C26H21Cl2N3O3S. The number of thiazole rings is 1. The number of anilines is 2. The Kier molecular flexibility index (Phi) is 8.02. The summed E-state index contributed by atoms with van der Waals surface area (Å²) >= 11 is 13.7. The standard InChI is InChI=1S/C26H21Cl2N3O3S/c27-20-7-5-18(6-8-20)23-16-35-26(30-23)31(22-11-9-21(28)10-12-22)15-17-1-3-19(4-2-17)25(34)29-14-13-24(32)33/h1-12,16H,13-15H2,(H,29,34)(H,32,33). The van der Waals surface area contributed by atoms with Crippen LogP contribution in [-0.4, -0.2) is 28.5 Å². The summed E-state index contributed by atoms with van der Waals surface area (Å²) in [4.78, 5) is 29.8. The normalized spacial score (nSPS) is 10.7. The van der Waals surface area contributed by atoms with Crippen LogP contribution in [-0.2, 0) is 11.3 Å². The van der Waals surface area contributed by atoms with Crippen LogP contribution in [0.5, 0.6) is 0 Å². The van der Waals surface area contributed by atoms with Gasteiger partial charge in [-0.05, 0) is 54.1 Å². The number of carboxylic acid groups (broad SMARTS) is 1. The zero-order valence-corrected chi connectivity index (χ0v) is 20.8. The van der Waals surface area contributed by atoms with E-state index in [4.69, 9.17) is 33.3 Å². The lowest BCUT2D eigenvalue weighted by atomic mass is 10.1. The van der Waals surface area contributed by atoms with Crippen molar-refractivity contribution >= 4 is 57.2 Å². The first kappa shape index (κ1) is 24.7. The first-order chi connectivity index (χ1) is 16.9. The van der Waals surface area contributed by atoms with Gasteiger partial charge in [0.1, 0.15) is 0 Å². The Labute approximate surface area is 216 Å². The molecule has 4 aromatic rings. The van der Waals surface area contributed by atoms with Gasteiger partial charge in [-0.3, -0.25) is 9.59 Å². The first-order valence-electron chi connectivity index (χ1n) is 10.7. The van der Waals surface area contributed by atoms with Crippen molar-refractivity contribution in [2.75, 3.05) is 11.4 Å². The van der Waals surface area contributed by atoms with Crippen molar-refractivity contribution in [2.45, 2.75) is 13.0 Å². The van der Waals surface area contributed by atoms with Crippen LogP contribution < -0.4 is 10.2 Å². The molecule has 1 heterocycles. The third-order valence-corrected chi connectivity index (χ3v) is 6.55. The van der Waals surface area contributed by atoms with Crippen molar-refractivity contribution in [1.29, 1.82) is 0 Å². The summed E-state index contributed by atoms with van der Waals surface area (Å²) in [5.74, 6) is -1.26. The van der Waals surface area contributed by atoms with Crippen molar-refractivity contribution in [3.05, 3.63) is 99.3 Å². The fraction of sp³-hybridized carbons (Fsp3) is 0.115. The van der Waals surface area contributed by atoms with Gasteiger partial charge in [-0.1, -0.05) is 47.5 Å². The molecule has 0 fully saturated rings. The van der Waals surface area contributed by atoms with Crippen molar-refractivity contribution < 1.29 is 14.7 Å². The quantitative estimate of drug-likeness (QED) is 0.255. The minimum absolute atomic E-state index is 0.0836. The largest absolute Gasteiger partial charge is 0.481 e. The summed E-state index contributed by atoms with van der Waals surface area (Å²) in [7, 11) is 0. The van der Waals surface area contributed by atoms with Gasteiger partial charge in [-0.2, -0.15) is 0 Å². The molecule has 0 aliphatic heterocycles. The SMILES string of the molecule is O=C(O)CCNC(=O)c1ccc(CN(c2ccc(Cl)cc2)c2nc(-c3ccc(Cl)cc3)cs2)cc1. The van der Waals surface area contributed by atoms with E-state index < -0.39 is 5.97 Å². The molecule has 9 heteroatoms. The average Bonchev–Trinajstić information content (AvgIpc) is 3.34. The smallest absolute Gasteiger partial charge is 0.305 e. The molecule has 3 aromatic carbocycles. The minimum Gasteiger partial charge on any atom is -0.481 e. The van der Waals surface area contributed by atoms with Crippen LogP contribution in [0, 0.1) is 0 Å². The summed E-state index contributed by atoms with van der Waals surface area (Å²) in [6.45, 7) is 0.608. The van der Waals surface area contributed by atoms with E-state index in [-0.39, 0.29) is 18.9 Å². The zero-order chi connectivity index (χ0) is 24.8. The molecule has 0 radical (unpaired) electrons. The number of amides is 1. The Bertz CT molecular complexity index is 1310. The van der Waals surface area contributed by atoms with Gasteiger partial charge in [-0.15, -0.1) is 11.3 Å². The number of halogens is 2. The van der Waals surface area contributed by atoms with Crippen LogP contribution in [0.2, 0.25) is 10.0 Å². The average molecular weight is 526 g/mol. The Morgan fingerprint density at radius 1 is 0.914 bits per heavy atom. The Balaban J connectivity index is 1.55. The molecule has 0 atom stereocenters. The second kappa shape index (κ2) is 11.4. The summed E-state index contributed by atoms with van der Waals surface area (Å²) in [5, 5.41) is 15.5. The van der Waals surface area contributed by atoms with Crippen LogP contribution in [0.1, 0.15) is 22.3 Å². The third kappa shape index (κ3) is 6.60. The molecule has 0 bridgehead atoms. The van der Waals surface area contributed by atoms with Gasteiger partial charge < -0.3 is 15.3 Å². The van der Waals surface area contributed by atoms with E-state index in [1.54, 1.807) is 12.1 Å². The molecule has 1 amide bonds. The number of nitrogens with zero attached hydrogens (tertiary/aromatic N) is 2. The minimum atomic E-state index is -0.954. The number of aromatic nitrogens is 1. The van der Waals surface area contributed by atoms with Gasteiger partial charge in [0.25, 0.3) is 5.91 Å². The number of aliphatic carboxylic acids is 1. The molecule has 4 rings (SSSR count). The molecular weight excluding hydrogens is 505 g/mol. The van der Waals surface area contributed by atoms with Crippen molar-refractivity contribution in [2.24, 2.45) is 0 Å². The van der Waals surface area contributed by atoms with Gasteiger partial charge in [0.05, 0.1) is 18.7 Å². The summed E-state index contributed by atoms with van der Waals surface area (Å²) in [5.41, 5.74) is 4.21. The van der Waals surface area contributed by atoms with Crippen LogP contribution in [0.25, 0.3) is 11.3 Å². The van der Waals surface area contributed by atoms with E-state index in [0.717, 1.165) is 27.6 Å². The highest BCUT2D eigenvalue weighted by atomic mass is 35.5. The highest BCUT2D eigenvalue weighted by molar-refractivity contribution is 7.14. The number of rotatable bonds is 9. The number of carbonyl (C=O) groups is 2. The van der Waals surface area contributed by atoms with Crippen LogP contribution in [0.4, 0.5) is 10.8 Å². The van der Waals surface area contributed by atoms with Crippen LogP contribution >= 0.6 is 34.5 Å². The molecule has 0 aliphatic carbocycles. The molecule has 35 heavy (non-hydrogen) atoms. The van der Waals surface area contributed by atoms with Gasteiger partial charge in [-0.25, -0.2) is 4.98 Å².